The van der Waals surface area contributed by atoms with Crippen LogP contribution in [0.3, 0.4) is 0 Å². The zero-order valence-corrected chi connectivity index (χ0v) is 11.9. The number of primary amides is 1. The van der Waals surface area contributed by atoms with Crippen molar-refractivity contribution < 1.29 is 9.59 Å². The van der Waals surface area contributed by atoms with Crippen LogP contribution in [0.1, 0.15) is 16.9 Å². The van der Waals surface area contributed by atoms with Crippen molar-refractivity contribution in [2.75, 3.05) is 6.54 Å². The lowest BCUT2D eigenvalue weighted by Crippen LogP contribution is -2.43. The van der Waals surface area contributed by atoms with E-state index < -0.39 is 17.8 Å². The van der Waals surface area contributed by atoms with E-state index in [0.29, 0.717) is 5.69 Å². The summed E-state index contributed by atoms with van der Waals surface area (Å²) in [5.74, 6) is -1.44. The standard InChI is InChI=1S/C13H15N5O2.ClH/c14-11(19)5-6-18(13(15)16)12(20)10-7-8-3-1-2-4-9(8)17-10;/h1-4,7,17H,5-6H2,(H2,14,19)(H3,15,16);1H. The predicted octanol–water partition coefficient (Wildman–Crippen LogP) is 0.801. The maximum Gasteiger partial charge on any atom is 0.277 e. The molecule has 0 unspecified atom stereocenters. The average Bonchev–Trinajstić information content (AvgIpc) is 2.81. The Bertz CT molecular complexity index is 649. The number of benzene rings is 1. The third-order valence-electron chi connectivity index (χ3n) is 2.88. The van der Waals surface area contributed by atoms with E-state index >= 15 is 0 Å². The number of amides is 2. The van der Waals surface area contributed by atoms with E-state index in [2.05, 4.69) is 4.98 Å². The van der Waals surface area contributed by atoms with Gasteiger partial charge in [-0.1, -0.05) is 18.2 Å². The predicted molar refractivity (Wildman–Crippen MR) is 82.3 cm³/mol. The number of aromatic amines is 1. The third kappa shape index (κ3) is 3.73. The molecular weight excluding hydrogens is 294 g/mol. The van der Waals surface area contributed by atoms with E-state index in [0.717, 1.165) is 15.8 Å². The van der Waals surface area contributed by atoms with Gasteiger partial charge in [0.15, 0.2) is 5.96 Å². The zero-order chi connectivity index (χ0) is 14.7. The number of rotatable bonds is 4. The maximum atomic E-state index is 12.3. The molecule has 7 nitrogen and oxygen atoms in total. The topological polar surface area (TPSA) is 129 Å². The lowest BCUT2D eigenvalue weighted by Gasteiger charge is -2.19. The molecule has 0 aliphatic carbocycles. The Balaban J connectivity index is 0.00000220. The highest BCUT2D eigenvalue weighted by molar-refractivity contribution is 6.06. The van der Waals surface area contributed by atoms with E-state index in [4.69, 9.17) is 16.9 Å². The van der Waals surface area contributed by atoms with Crippen molar-refractivity contribution in [2.24, 2.45) is 11.5 Å². The van der Waals surface area contributed by atoms with E-state index in [1.165, 1.54) is 0 Å². The van der Waals surface area contributed by atoms with E-state index in [1.807, 2.05) is 24.3 Å². The highest BCUT2D eigenvalue weighted by Gasteiger charge is 2.20. The van der Waals surface area contributed by atoms with Crippen LogP contribution in [0.25, 0.3) is 10.9 Å². The highest BCUT2D eigenvalue weighted by atomic mass is 35.5. The Kier molecular flexibility index (Phi) is 5.31. The van der Waals surface area contributed by atoms with Crippen molar-refractivity contribution in [2.45, 2.75) is 6.42 Å². The molecule has 0 atom stereocenters. The molecule has 1 aromatic carbocycles. The van der Waals surface area contributed by atoms with Crippen molar-refractivity contribution in [1.82, 2.24) is 9.88 Å². The van der Waals surface area contributed by atoms with Crippen LogP contribution in [0.5, 0.6) is 0 Å². The molecule has 0 saturated carbocycles. The van der Waals surface area contributed by atoms with E-state index in [9.17, 15) is 9.59 Å². The molecule has 0 spiro atoms. The first-order valence-corrected chi connectivity index (χ1v) is 6.01. The van der Waals surface area contributed by atoms with Crippen LogP contribution in [0.2, 0.25) is 0 Å². The number of nitrogens with one attached hydrogen (secondary N) is 2. The van der Waals surface area contributed by atoms with Gasteiger partial charge in [-0.05, 0) is 12.1 Å². The number of fused-ring (bicyclic) bond motifs is 1. The molecule has 2 rings (SSSR count). The minimum Gasteiger partial charge on any atom is -0.370 e. The number of aromatic nitrogens is 1. The third-order valence-corrected chi connectivity index (χ3v) is 2.88. The summed E-state index contributed by atoms with van der Waals surface area (Å²) in [6.07, 6.45) is -0.0501. The monoisotopic (exact) mass is 309 g/mol. The molecule has 8 heteroatoms. The number of carbonyl (C=O) groups excluding carboxylic acids is 2. The maximum absolute atomic E-state index is 12.3. The van der Waals surface area contributed by atoms with Crippen molar-refractivity contribution in [1.29, 1.82) is 5.41 Å². The Labute approximate surface area is 127 Å². The molecule has 0 fully saturated rings. The average molecular weight is 310 g/mol. The SMILES string of the molecule is Cl.N=C(N)N(CCC(N)=O)C(=O)c1cc2ccccc2[nH]1. The summed E-state index contributed by atoms with van der Waals surface area (Å²) in [5.41, 5.74) is 11.5. The van der Waals surface area contributed by atoms with Crippen molar-refractivity contribution in [3.05, 3.63) is 36.0 Å². The molecule has 0 aliphatic rings. The molecule has 6 N–H and O–H groups in total. The van der Waals surface area contributed by atoms with Crippen LogP contribution < -0.4 is 11.5 Å². The summed E-state index contributed by atoms with van der Waals surface area (Å²) >= 11 is 0. The quantitative estimate of drug-likeness (QED) is 0.492. The molecule has 0 saturated heterocycles. The lowest BCUT2D eigenvalue weighted by molar-refractivity contribution is -0.118. The van der Waals surface area contributed by atoms with Gasteiger partial charge in [-0.2, -0.15) is 0 Å². The summed E-state index contributed by atoms with van der Waals surface area (Å²) < 4.78 is 0. The molecule has 0 bridgehead atoms. The van der Waals surface area contributed by atoms with Gasteiger partial charge < -0.3 is 16.5 Å². The number of hydrogen-bond acceptors (Lipinski definition) is 3. The fraction of sp³-hybridized carbons (Fsp3) is 0.154. The van der Waals surface area contributed by atoms with Crippen LogP contribution in [0.4, 0.5) is 0 Å². The van der Waals surface area contributed by atoms with Gasteiger partial charge in [0.05, 0.1) is 0 Å². The van der Waals surface area contributed by atoms with E-state index in [1.54, 1.807) is 6.07 Å². The molecular formula is C13H16ClN5O2. The van der Waals surface area contributed by atoms with Gasteiger partial charge in [0.25, 0.3) is 5.91 Å². The van der Waals surface area contributed by atoms with Crippen molar-refractivity contribution in [3.8, 4) is 0 Å². The first kappa shape index (κ1) is 16.5. The molecule has 0 radical (unpaired) electrons. The Morgan fingerprint density at radius 3 is 2.48 bits per heavy atom. The van der Waals surface area contributed by atoms with Gasteiger partial charge in [0.1, 0.15) is 5.69 Å². The fourth-order valence-corrected chi connectivity index (χ4v) is 1.89. The van der Waals surface area contributed by atoms with Gasteiger partial charge in [-0.15, -0.1) is 12.4 Å². The molecule has 2 aromatic rings. The molecule has 21 heavy (non-hydrogen) atoms. The molecule has 0 aliphatic heterocycles. The number of halogens is 1. The van der Waals surface area contributed by atoms with Gasteiger partial charge in [0.2, 0.25) is 5.91 Å². The summed E-state index contributed by atoms with van der Waals surface area (Å²) in [5, 5.41) is 8.31. The number of hydrogen-bond donors (Lipinski definition) is 4. The lowest BCUT2D eigenvalue weighted by atomic mass is 10.2. The number of nitrogens with two attached hydrogens (primary N) is 2. The second-order valence-corrected chi connectivity index (χ2v) is 4.33. The molecule has 1 heterocycles. The van der Waals surface area contributed by atoms with Crippen LogP contribution in [0, 0.1) is 5.41 Å². The number of guanidine groups is 1. The number of nitrogens with zero attached hydrogens (tertiary/aromatic N) is 1. The highest BCUT2D eigenvalue weighted by Crippen LogP contribution is 2.16. The number of H-pyrrole nitrogens is 1. The molecule has 1 aromatic heterocycles. The molecule has 2 amide bonds. The van der Waals surface area contributed by atoms with Crippen LogP contribution in [-0.2, 0) is 4.79 Å². The number of para-hydroxylation sites is 1. The Morgan fingerprint density at radius 1 is 1.24 bits per heavy atom. The Hall–Kier alpha value is -2.54. The summed E-state index contributed by atoms with van der Waals surface area (Å²) in [6, 6.07) is 9.10. The largest absolute Gasteiger partial charge is 0.370 e. The van der Waals surface area contributed by atoms with Gasteiger partial charge in [-0.3, -0.25) is 19.9 Å². The minimum absolute atomic E-state index is 0. The van der Waals surface area contributed by atoms with Gasteiger partial charge in [-0.25, -0.2) is 0 Å². The van der Waals surface area contributed by atoms with Crippen molar-refractivity contribution >= 4 is 41.1 Å². The summed E-state index contributed by atoms with van der Waals surface area (Å²) in [4.78, 5) is 27.0. The first-order valence-electron chi connectivity index (χ1n) is 6.01. The summed E-state index contributed by atoms with van der Waals surface area (Å²) in [6.45, 7) is -0.0150. The minimum atomic E-state index is -0.555. The second kappa shape index (κ2) is 6.76. The Morgan fingerprint density at radius 2 is 1.90 bits per heavy atom. The summed E-state index contributed by atoms with van der Waals surface area (Å²) in [7, 11) is 0. The van der Waals surface area contributed by atoms with Crippen LogP contribution in [-0.4, -0.2) is 34.2 Å². The molecule has 112 valence electrons. The number of carbonyl (C=O) groups is 2. The normalized spacial score (nSPS) is 9.90. The first-order chi connectivity index (χ1) is 9.49. The van der Waals surface area contributed by atoms with E-state index in [-0.39, 0.29) is 25.4 Å². The van der Waals surface area contributed by atoms with Crippen LogP contribution in [0.15, 0.2) is 30.3 Å². The van der Waals surface area contributed by atoms with Crippen LogP contribution >= 0.6 is 12.4 Å². The smallest absolute Gasteiger partial charge is 0.277 e. The van der Waals surface area contributed by atoms with Gasteiger partial charge in [0, 0.05) is 23.9 Å². The second-order valence-electron chi connectivity index (χ2n) is 4.33. The van der Waals surface area contributed by atoms with Gasteiger partial charge >= 0.3 is 0 Å². The zero-order valence-electron chi connectivity index (χ0n) is 11.1. The van der Waals surface area contributed by atoms with Crippen molar-refractivity contribution in [3.63, 3.8) is 0 Å². The fourth-order valence-electron chi connectivity index (χ4n) is 1.89.